The number of hydrogen-bond donors (Lipinski definition) is 0. The van der Waals surface area contributed by atoms with Crippen molar-refractivity contribution in [3.8, 4) is 0 Å². The number of rotatable bonds is 2. The van der Waals surface area contributed by atoms with Gasteiger partial charge in [-0.1, -0.05) is 13.8 Å². The fourth-order valence-corrected chi connectivity index (χ4v) is 3.33. The molecule has 0 N–H and O–H groups in total. The standard InChI is InChI=1S/C15H26O4/c1-11(2)13-9-16-14(17-10-13)12-3-5-15(6-4-12)18-7-8-19-15/h11-14H,3-10H2,1-2H3. The summed E-state index contributed by atoms with van der Waals surface area (Å²) in [6, 6.07) is 0. The van der Waals surface area contributed by atoms with Crippen molar-refractivity contribution in [2.24, 2.45) is 17.8 Å². The highest BCUT2D eigenvalue weighted by atomic mass is 16.7. The van der Waals surface area contributed by atoms with Gasteiger partial charge in [-0.2, -0.15) is 0 Å². The van der Waals surface area contributed by atoms with E-state index in [4.69, 9.17) is 18.9 Å². The molecule has 4 heteroatoms. The van der Waals surface area contributed by atoms with Gasteiger partial charge in [0.2, 0.25) is 0 Å². The smallest absolute Gasteiger partial charge is 0.168 e. The number of hydrogen-bond acceptors (Lipinski definition) is 4. The van der Waals surface area contributed by atoms with Gasteiger partial charge in [-0.25, -0.2) is 0 Å². The first-order valence-corrected chi connectivity index (χ1v) is 7.70. The highest BCUT2D eigenvalue weighted by Crippen LogP contribution is 2.40. The van der Waals surface area contributed by atoms with E-state index >= 15 is 0 Å². The minimum atomic E-state index is -0.272. The quantitative estimate of drug-likeness (QED) is 0.773. The normalized spacial score (nSPS) is 36.2. The molecule has 0 bridgehead atoms. The SMILES string of the molecule is CC(C)C1COC(C2CCC3(CC2)OCCO3)OC1. The molecule has 0 aromatic rings. The summed E-state index contributed by atoms with van der Waals surface area (Å²) in [7, 11) is 0. The molecule has 0 aromatic carbocycles. The van der Waals surface area contributed by atoms with Crippen LogP contribution in [-0.2, 0) is 18.9 Å². The summed E-state index contributed by atoms with van der Waals surface area (Å²) >= 11 is 0. The molecule has 110 valence electrons. The molecule has 4 nitrogen and oxygen atoms in total. The predicted octanol–water partition coefficient (Wildman–Crippen LogP) is 2.56. The maximum absolute atomic E-state index is 5.94. The maximum atomic E-state index is 5.94. The summed E-state index contributed by atoms with van der Waals surface area (Å²) in [5.74, 6) is 1.42. The molecule has 19 heavy (non-hydrogen) atoms. The van der Waals surface area contributed by atoms with E-state index in [0.29, 0.717) is 17.8 Å². The van der Waals surface area contributed by atoms with Crippen molar-refractivity contribution in [3.63, 3.8) is 0 Å². The Morgan fingerprint density at radius 3 is 2.05 bits per heavy atom. The molecule has 0 atom stereocenters. The zero-order chi connectivity index (χ0) is 13.3. The molecule has 1 spiro atoms. The molecule has 3 fully saturated rings. The molecule has 0 amide bonds. The average Bonchev–Trinajstić information content (AvgIpc) is 2.88. The molecule has 3 aliphatic rings. The largest absolute Gasteiger partial charge is 0.352 e. The minimum Gasteiger partial charge on any atom is -0.352 e. The summed E-state index contributed by atoms with van der Waals surface area (Å²) in [4.78, 5) is 0. The fourth-order valence-electron chi connectivity index (χ4n) is 3.33. The molecule has 2 aliphatic heterocycles. The Balaban J connectivity index is 1.47. The van der Waals surface area contributed by atoms with Crippen molar-refractivity contribution < 1.29 is 18.9 Å². The van der Waals surface area contributed by atoms with Crippen LogP contribution in [0.2, 0.25) is 0 Å². The van der Waals surface area contributed by atoms with E-state index in [1.165, 1.54) is 0 Å². The van der Waals surface area contributed by atoms with Crippen LogP contribution in [0.4, 0.5) is 0 Å². The Labute approximate surface area is 115 Å². The molecular formula is C15H26O4. The fraction of sp³-hybridized carbons (Fsp3) is 1.00. The summed E-state index contributed by atoms with van der Waals surface area (Å²) in [6.45, 7) is 7.65. The van der Waals surface area contributed by atoms with Gasteiger partial charge in [0.15, 0.2) is 12.1 Å². The van der Waals surface area contributed by atoms with Crippen LogP contribution < -0.4 is 0 Å². The second kappa shape index (κ2) is 5.68. The number of ether oxygens (including phenoxy) is 4. The maximum Gasteiger partial charge on any atom is 0.168 e. The van der Waals surface area contributed by atoms with Crippen LogP contribution in [0.1, 0.15) is 39.5 Å². The molecule has 1 saturated carbocycles. The lowest BCUT2D eigenvalue weighted by Gasteiger charge is -2.40. The van der Waals surface area contributed by atoms with Gasteiger partial charge in [0, 0.05) is 24.7 Å². The monoisotopic (exact) mass is 270 g/mol. The van der Waals surface area contributed by atoms with Crippen LogP contribution in [0.15, 0.2) is 0 Å². The first-order valence-electron chi connectivity index (χ1n) is 7.70. The predicted molar refractivity (Wildman–Crippen MR) is 70.6 cm³/mol. The lowest BCUT2D eigenvalue weighted by Crippen LogP contribution is -2.43. The van der Waals surface area contributed by atoms with Crippen LogP contribution in [0.3, 0.4) is 0 Å². The second-order valence-electron chi connectivity index (χ2n) is 6.48. The van der Waals surface area contributed by atoms with Crippen LogP contribution in [0, 0.1) is 17.8 Å². The Bertz CT molecular complexity index is 281. The van der Waals surface area contributed by atoms with Gasteiger partial charge in [-0.05, 0) is 18.8 Å². The van der Waals surface area contributed by atoms with E-state index in [2.05, 4.69) is 13.8 Å². The van der Waals surface area contributed by atoms with Gasteiger partial charge in [-0.15, -0.1) is 0 Å². The van der Waals surface area contributed by atoms with Crippen molar-refractivity contribution in [2.75, 3.05) is 26.4 Å². The molecule has 3 rings (SSSR count). The Hall–Kier alpha value is -0.160. The first-order chi connectivity index (χ1) is 9.19. The van der Waals surface area contributed by atoms with Gasteiger partial charge < -0.3 is 18.9 Å². The van der Waals surface area contributed by atoms with Crippen molar-refractivity contribution in [2.45, 2.75) is 51.6 Å². The molecule has 2 heterocycles. The first kappa shape index (κ1) is 13.8. The molecule has 1 aliphatic carbocycles. The third kappa shape index (κ3) is 2.97. The summed E-state index contributed by atoms with van der Waals surface area (Å²) < 4.78 is 23.4. The van der Waals surface area contributed by atoms with E-state index in [9.17, 15) is 0 Å². The van der Waals surface area contributed by atoms with E-state index in [0.717, 1.165) is 52.1 Å². The summed E-state index contributed by atoms with van der Waals surface area (Å²) in [5, 5.41) is 0. The molecular weight excluding hydrogens is 244 g/mol. The highest BCUT2D eigenvalue weighted by molar-refractivity contribution is 4.84. The van der Waals surface area contributed by atoms with Crippen molar-refractivity contribution in [3.05, 3.63) is 0 Å². The highest BCUT2D eigenvalue weighted by Gasteiger charge is 2.43. The van der Waals surface area contributed by atoms with Gasteiger partial charge in [-0.3, -0.25) is 0 Å². The minimum absolute atomic E-state index is 0.00578. The second-order valence-corrected chi connectivity index (χ2v) is 6.48. The molecule has 0 unspecified atom stereocenters. The summed E-state index contributed by atoms with van der Waals surface area (Å²) in [6.07, 6.45) is 4.12. The average molecular weight is 270 g/mol. The Kier molecular flexibility index (Phi) is 4.13. The van der Waals surface area contributed by atoms with Gasteiger partial charge in [0.25, 0.3) is 0 Å². The van der Waals surface area contributed by atoms with E-state index < -0.39 is 0 Å². The zero-order valence-corrected chi connectivity index (χ0v) is 12.1. The van der Waals surface area contributed by atoms with E-state index in [-0.39, 0.29) is 12.1 Å². The van der Waals surface area contributed by atoms with Crippen molar-refractivity contribution in [1.29, 1.82) is 0 Å². The zero-order valence-electron chi connectivity index (χ0n) is 12.1. The van der Waals surface area contributed by atoms with Gasteiger partial charge in [0.1, 0.15) is 0 Å². The summed E-state index contributed by atoms with van der Waals surface area (Å²) in [5.41, 5.74) is 0. The van der Waals surface area contributed by atoms with Gasteiger partial charge >= 0.3 is 0 Å². The van der Waals surface area contributed by atoms with Crippen LogP contribution in [0.25, 0.3) is 0 Å². The van der Waals surface area contributed by atoms with Gasteiger partial charge in [0.05, 0.1) is 26.4 Å². The lowest BCUT2D eigenvalue weighted by atomic mass is 9.84. The Morgan fingerprint density at radius 1 is 0.947 bits per heavy atom. The van der Waals surface area contributed by atoms with Crippen molar-refractivity contribution >= 4 is 0 Å². The molecule has 0 radical (unpaired) electrons. The van der Waals surface area contributed by atoms with E-state index in [1.807, 2.05) is 0 Å². The topological polar surface area (TPSA) is 36.9 Å². The Morgan fingerprint density at radius 2 is 1.53 bits per heavy atom. The molecule has 2 saturated heterocycles. The lowest BCUT2D eigenvalue weighted by molar-refractivity contribution is -0.250. The third-order valence-electron chi connectivity index (χ3n) is 4.88. The third-order valence-corrected chi connectivity index (χ3v) is 4.88. The molecule has 0 aromatic heterocycles. The van der Waals surface area contributed by atoms with Crippen LogP contribution in [0.5, 0.6) is 0 Å². The van der Waals surface area contributed by atoms with Crippen molar-refractivity contribution in [1.82, 2.24) is 0 Å². The van der Waals surface area contributed by atoms with Crippen LogP contribution in [-0.4, -0.2) is 38.5 Å². The van der Waals surface area contributed by atoms with Crippen LogP contribution >= 0.6 is 0 Å². The van der Waals surface area contributed by atoms with E-state index in [1.54, 1.807) is 0 Å².